The van der Waals surface area contributed by atoms with Crippen molar-refractivity contribution in [2.75, 3.05) is 6.61 Å². The fraction of sp³-hybridized carbons (Fsp3) is 0.0625. The molecule has 0 aliphatic carbocycles. The van der Waals surface area contributed by atoms with Crippen LogP contribution in [0.3, 0.4) is 0 Å². The van der Waals surface area contributed by atoms with E-state index in [4.69, 9.17) is 4.74 Å². The van der Waals surface area contributed by atoms with Crippen molar-refractivity contribution < 1.29 is 19.1 Å². The van der Waals surface area contributed by atoms with Crippen LogP contribution >= 0.6 is 27.3 Å². The van der Waals surface area contributed by atoms with Crippen molar-refractivity contribution in [1.82, 2.24) is 5.32 Å². The van der Waals surface area contributed by atoms with Gasteiger partial charge in [0, 0.05) is 16.5 Å². The van der Waals surface area contributed by atoms with Gasteiger partial charge in [0.15, 0.2) is 6.61 Å². The Bertz CT molecular complexity index is 740. The highest BCUT2D eigenvalue weighted by atomic mass is 79.9. The summed E-state index contributed by atoms with van der Waals surface area (Å²) in [6.07, 6.45) is 2.81. The second-order valence-corrected chi connectivity index (χ2v) is 6.82. The van der Waals surface area contributed by atoms with Crippen molar-refractivity contribution in [2.24, 2.45) is 0 Å². The molecule has 0 fully saturated rings. The zero-order valence-corrected chi connectivity index (χ0v) is 14.2. The molecular weight excluding hydrogens is 382 g/mol. The van der Waals surface area contributed by atoms with Crippen LogP contribution < -0.4 is 5.32 Å². The van der Waals surface area contributed by atoms with E-state index >= 15 is 0 Å². The number of halogens is 1. The summed E-state index contributed by atoms with van der Waals surface area (Å²) in [6, 6.07) is 12.0. The number of amides is 2. The Morgan fingerprint density at radius 2 is 1.87 bits per heavy atom. The summed E-state index contributed by atoms with van der Waals surface area (Å²) in [5, 5.41) is 2.15. The third-order valence-corrected chi connectivity index (χ3v) is 4.20. The molecule has 0 spiro atoms. The average Bonchev–Trinajstić information content (AvgIpc) is 2.97. The Balaban J connectivity index is 1.76. The number of carbonyl (C=O) groups is 3. The highest BCUT2D eigenvalue weighted by Gasteiger charge is 2.11. The number of rotatable bonds is 5. The highest BCUT2D eigenvalue weighted by Crippen LogP contribution is 2.22. The largest absolute Gasteiger partial charge is 0.452 e. The van der Waals surface area contributed by atoms with Gasteiger partial charge in [0.2, 0.25) is 0 Å². The van der Waals surface area contributed by atoms with E-state index in [0.717, 1.165) is 8.66 Å². The fourth-order valence-electron chi connectivity index (χ4n) is 1.58. The molecular formula is C16H12BrNO4S. The van der Waals surface area contributed by atoms with E-state index in [2.05, 4.69) is 21.2 Å². The SMILES string of the molecule is O=C(COC(=O)/C=C/c1ccc(Br)s1)NC(=O)c1ccccc1. The molecule has 2 rings (SSSR count). The molecule has 0 aliphatic rings. The van der Waals surface area contributed by atoms with Crippen molar-refractivity contribution in [1.29, 1.82) is 0 Å². The third kappa shape index (κ3) is 5.80. The molecule has 0 unspecified atom stereocenters. The Kier molecular flexibility index (Phi) is 6.25. The van der Waals surface area contributed by atoms with Gasteiger partial charge in [-0.25, -0.2) is 4.79 Å². The Morgan fingerprint density at radius 3 is 2.52 bits per heavy atom. The molecule has 0 saturated heterocycles. The van der Waals surface area contributed by atoms with Crippen LogP contribution in [0.15, 0.2) is 52.3 Å². The molecule has 0 aliphatic heterocycles. The highest BCUT2D eigenvalue weighted by molar-refractivity contribution is 9.11. The zero-order valence-electron chi connectivity index (χ0n) is 11.8. The summed E-state index contributed by atoms with van der Waals surface area (Å²) in [5.74, 6) is -1.87. The van der Waals surface area contributed by atoms with E-state index in [-0.39, 0.29) is 0 Å². The summed E-state index contributed by atoms with van der Waals surface area (Å²) in [7, 11) is 0. The fourth-order valence-corrected chi connectivity index (χ4v) is 2.90. The van der Waals surface area contributed by atoms with Gasteiger partial charge in [0.1, 0.15) is 0 Å². The molecule has 5 nitrogen and oxygen atoms in total. The molecule has 118 valence electrons. The lowest BCUT2D eigenvalue weighted by atomic mass is 10.2. The Hall–Kier alpha value is -2.25. The van der Waals surface area contributed by atoms with Crippen molar-refractivity contribution in [3.05, 3.63) is 62.8 Å². The van der Waals surface area contributed by atoms with Gasteiger partial charge in [0.05, 0.1) is 3.79 Å². The van der Waals surface area contributed by atoms with Gasteiger partial charge < -0.3 is 4.74 Å². The summed E-state index contributed by atoms with van der Waals surface area (Å²) < 4.78 is 5.72. The lowest BCUT2D eigenvalue weighted by molar-refractivity contribution is -0.143. The van der Waals surface area contributed by atoms with Gasteiger partial charge in [-0.1, -0.05) is 18.2 Å². The summed E-state index contributed by atoms with van der Waals surface area (Å²) >= 11 is 4.77. The van der Waals surface area contributed by atoms with Crippen LogP contribution in [0.25, 0.3) is 6.08 Å². The van der Waals surface area contributed by atoms with Crippen LogP contribution in [-0.2, 0) is 14.3 Å². The van der Waals surface area contributed by atoms with Crippen LogP contribution in [0.1, 0.15) is 15.2 Å². The smallest absolute Gasteiger partial charge is 0.331 e. The van der Waals surface area contributed by atoms with Crippen molar-refractivity contribution in [2.45, 2.75) is 0 Å². The van der Waals surface area contributed by atoms with E-state index in [1.54, 1.807) is 36.4 Å². The quantitative estimate of drug-likeness (QED) is 0.625. The summed E-state index contributed by atoms with van der Waals surface area (Å²) in [5.41, 5.74) is 0.357. The topological polar surface area (TPSA) is 72.5 Å². The van der Waals surface area contributed by atoms with Gasteiger partial charge >= 0.3 is 5.97 Å². The van der Waals surface area contributed by atoms with Crippen LogP contribution in [0.2, 0.25) is 0 Å². The maximum absolute atomic E-state index is 11.7. The molecule has 2 aromatic rings. The first-order valence-electron chi connectivity index (χ1n) is 6.54. The van der Waals surface area contributed by atoms with Gasteiger partial charge in [-0.3, -0.25) is 14.9 Å². The van der Waals surface area contributed by atoms with Crippen LogP contribution in [0, 0.1) is 0 Å². The maximum atomic E-state index is 11.7. The lowest BCUT2D eigenvalue weighted by Gasteiger charge is -2.04. The molecule has 1 N–H and O–H groups in total. The third-order valence-electron chi connectivity index (χ3n) is 2.61. The molecule has 1 heterocycles. The molecule has 7 heteroatoms. The first-order chi connectivity index (χ1) is 11.0. The van der Waals surface area contributed by atoms with Gasteiger partial charge in [0.25, 0.3) is 11.8 Å². The number of ether oxygens (including phenoxy) is 1. The normalized spacial score (nSPS) is 10.5. The van der Waals surface area contributed by atoms with Gasteiger partial charge in [-0.2, -0.15) is 0 Å². The number of thiophene rings is 1. The van der Waals surface area contributed by atoms with Gasteiger partial charge in [-0.05, 0) is 46.3 Å². The number of benzene rings is 1. The molecule has 0 radical (unpaired) electrons. The van der Waals surface area contributed by atoms with Crippen molar-refractivity contribution in [3.63, 3.8) is 0 Å². The van der Waals surface area contributed by atoms with Crippen molar-refractivity contribution >= 4 is 51.1 Å². The Labute approximate surface area is 145 Å². The first-order valence-corrected chi connectivity index (χ1v) is 8.15. The average molecular weight is 394 g/mol. The number of hydrogen-bond acceptors (Lipinski definition) is 5. The van der Waals surface area contributed by atoms with Crippen LogP contribution in [0.5, 0.6) is 0 Å². The van der Waals surface area contributed by atoms with E-state index in [0.29, 0.717) is 5.56 Å². The number of imide groups is 1. The predicted octanol–water partition coefficient (Wildman–Crippen LogP) is 3.02. The minimum Gasteiger partial charge on any atom is -0.452 e. The molecule has 1 aromatic carbocycles. The lowest BCUT2D eigenvalue weighted by Crippen LogP contribution is -2.33. The first kappa shape index (κ1) is 17.1. The molecule has 0 bridgehead atoms. The molecule has 0 atom stereocenters. The van der Waals surface area contributed by atoms with E-state index in [9.17, 15) is 14.4 Å². The minimum absolute atomic E-state index is 0.357. The number of carbonyl (C=O) groups excluding carboxylic acids is 3. The predicted molar refractivity (Wildman–Crippen MR) is 90.9 cm³/mol. The molecule has 23 heavy (non-hydrogen) atoms. The zero-order chi connectivity index (χ0) is 16.7. The monoisotopic (exact) mass is 393 g/mol. The number of esters is 1. The van der Waals surface area contributed by atoms with E-state index in [1.807, 2.05) is 12.1 Å². The summed E-state index contributed by atoms with van der Waals surface area (Å²) in [4.78, 5) is 35.7. The van der Waals surface area contributed by atoms with Gasteiger partial charge in [-0.15, -0.1) is 11.3 Å². The standard InChI is InChI=1S/C16H12BrNO4S/c17-13-8-6-12(23-13)7-9-15(20)22-10-14(19)18-16(21)11-4-2-1-3-5-11/h1-9H,10H2,(H,18,19,21)/b9-7+. The second-order valence-electron chi connectivity index (χ2n) is 4.33. The summed E-state index contributed by atoms with van der Waals surface area (Å²) in [6.45, 7) is -0.518. The van der Waals surface area contributed by atoms with E-state index in [1.165, 1.54) is 17.4 Å². The van der Waals surface area contributed by atoms with Crippen LogP contribution in [-0.4, -0.2) is 24.4 Å². The molecule has 0 saturated carbocycles. The molecule has 1 aromatic heterocycles. The van der Waals surface area contributed by atoms with Crippen LogP contribution in [0.4, 0.5) is 0 Å². The maximum Gasteiger partial charge on any atom is 0.331 e. The molecule has 2 amide bonds. The van der Waals surface area contributed by atoms with Crippen molar-refractivity contribution in [3.8, 4) is 0 Å². The van der Waals surface area contributed by atoms with E-state index < -0.39 is 24.4 Å². The Morgan fingerprint density at radius 1 is 1.13 bits per heavy atom. The number of nitrogens with one attached hydrogen (secondary N) is 1. The minimum atomic E-state index is -0.681. The second kappa shape index (κ2) is 8.40. The number of hydrogen-bond donors (Lipinski definition) is 1.